The van der Waals surface area contributed by atoms with Gasteiger partial charge in [-0.05, 0) is 44.2 Å². The number of carbonyl (C=O) groups excluding carboxylic acids is 1. The molecule has 2 aromatic rings. The van der Waals surface area contributed by atoms with E-state index in [-0.39, 0.29) is 12.4 Å². The lowest BCUT2D eigenvalue weighted by Gasteiger charge is -2.36. The van der Waals surface area contributed by atoms with Crippen LogP contribution in [0.2, 0.25) is 0 Å². The van der Waals surface area contributed by atoms with E-state index in [4.69, 9.17) is 17.0 Å². The van der Waals surface area contributed by atoms with Crippen molar-refractivity contribution in [3.63, 3.8) is 0 Å². The number of carbonyl (C=O) groups is 1. The first-order valence-corrected chi connectivity index (χ1v) is 9.90. The normalized spacial score (nSPS) is 14.5. The Kier molecular flexibility index (Phi) is 6.62. The Morgan fingerprint density at radius 3 is 2.48 bits per heavy atom. The molecule has 0 N–H and O–H groups in total. The van der Waals surface area contributed by atoms with E-state index in [2.05, 4.69) is 15.9 Å². The van der Waals surface area contributed by atoms with E-state index in [1.54, 1.807) is 19.1 Å². The zero-order valence-electron chi connectivity index (χ0n) is 16.5. The fourth-order valence-corrected chi connectivity index (χ4v) is 3.72. The van der Waals surface area contributed by atoms with Crippen LogP contribution in [-0.4, -0.2) is 48.2 Å². The number of pyridine rings is 1. The predicted molar refractivity (Wildman–Crippen MR) is 111 cm³/mol. The fourth-order valence-electron chi connectivity index (χ4n) is 3.42. The van der Waals surface area contributed by atoms with E-state index < -0.39 is 5.97 Å². The molecule has 0 saturated carbocycles. The fraction of sp³-hybridized carbons (Fsp3) is 0.381. The number of hydrogen-bond acceptors (Lipinski definition) is 6. The number of anilines is 1. The summed E-state index contributed by atoms with van der Waals surface area (Å²) in [7, 11) is 0. The molecule has 1 fully saturated rings. The van der Waals surface area contributed by atoms with Crippen LogP contribution < -0.4 is 4.90 Å². The van der Waals surface area contributed by atoms with Gasteiger partial charge in [0.2, 0.25) is 0 Å². The lowest BCUT2D eigenvalue weighted by atomic mass is 10.1. The molecular formula is C21H23FN4O2S. The summed E-state index contributed by atoms with van der Waals surface area (Å²) in [6.45, 7) is 7.47. The van der Waals surface area contributed by atoms with E-state index in [1.165, 1.54) is 18.2 Å². The van der Waals surface area contributed by atoms with Crippen molar-refractivity contribution in [2.45, 2.75) is 20.5 Å². The van der Waals surface area contributed by atoms with Crippen molar-refractivity contribution in [2.75, 3.05) is 37.7 Å². The molecule has 0 atom stereocenters. The standard InChI is InChI=1S/C21H23FN4O2S/c1-3-28-21(27)19-12-16(13-23)20(29)26(15(19)2)14-24-8-10-25(11-9-24)18-6-4-17(22)5-7-18/h4-7,12H,3,8-11,14H2,1-2H3. The molecule has 0 spiro atoms. The Morgan fingerprint density at radius 2 is 1.90 bits per heavy atom. The molecule has 0 unspecified atom stereocenters. The summed E-state index contributed by atoms with van der Waals surface area (Å²) in [4.78, 5) is 16.7. The third kappa shape index (κ3) is 4.63. The first-order valence-electron chi connectivity index (χ1n) is 9.49. The topological polar surface area (TPSA) is 61.5 Å². The SMILES string of the molecule is CCOC(=O)c1cc(C#N)c(=S)n(CN2CCN(c3ccc(F)cc3)CC2)c1C. The van der Waals surface area contributed by atoms with E-state index in [0.29, 0.717) is 28.1 Å². The van der Waals surface area contributed by atoms with Crippen molar-refractivity contribution >= 4 is 23.9 Å². The maximum atomic E-state index is 13.1. The van der Waals surface area contributed by atoms with Gasteiger partial charge in [-0.15, -0.1) is 0 Å². The molecular weight excluding hydrogens is 391 g/mol. The van der Waals surface area contributed by atoms with E-state index in [9.17, 15) is 14.4 Å². The van der Waals surface area contributed by atoms with Crippen LogP contribution in [0.4, 0.5) is 10.1 Å². The number of nitrogens with zero attached hydrogens (tertiary/aromatic N) is 4. The van der Waals surface area contributed by atoms with Crippen molar-refractivity contribution in [3.05, 3.63) is 57.6 Å². The van der Waals surface area contributed by atoms with Gasteiger partial charge in [0.05, 0.1) is 24.4 Å². The summed E-state index contributed by atoms with van der Waals surface area (Å²) in [6, 6.07) is 10.1. The second-order valence-corrected chi connectivity index (χ2v) is 7.23. The van der Waals surface area contributed by atoms with Crippen LogP contribution in [0.1, 0.15) is 28.5 Å². The molecule has 0 aliphatic carbocycles. The minimum absolute atomic E-state index is 0.244. The molecule has 0 amide bonds. The van der Waals surface area contributed by atoms with Gasteiger partial charge in [0.15, 0.2) is 0 Å². The third-order valence-electron chi connectivity index (χ3n) is 5.08. The van der Waals surface area contributed by atoms with Crippen molar-refractivity contribution in [2.24, 2.45) is 0 Å². The zero-order valence-corrected chi connectivity index (χ0v) is 17.3. The number of ether oxygens (including phenoxy) is 1. The van der Waals surface area contributed by atoms with Gasteiger partial charge in [0.25, 0.3) is 0 Å². The van der Waals surface area contributed by atoms with Gasteiger partial charge >= 0.3 is 5.97 Å². The number of hydrogen-bond donors (Lipinski definition) is 0. The van der Waals surface area contributed by atoms with E-state index in [0.717, 1.165) is 31.9 Å². The Labute approximate surface area is 174 Å². The van der Waals surface area contributed by atoms with Gasteiger partial charge in [-0.25, -0.2) is 9.18 Å². The molecule has 152 valence electrons. The highest BCUT2D eigenvalue weighted by Gasteiger charge is 2.21. The largest absolute Gasteiger partial charge is 0.462 e. The first kappa shape index (κ1) is 21.0. The molecule has 0 radical (unpaired) electrons. The highest BCUT2D eigenvalue weighted by molar-refractivity contribution is 7.71. The average molecular weight is 415 g/mol. The van der Waals surface area contributed by atoms with Crippen molar-refractivity contribution in [1.82, 2.24) is 9.47 Å². The second-order valence-electron chi connectivity index (χ2n) is 6.85. The van der Waals surface area contributed by atoms with Crippen LogP contribution in [0.25, 0.3) is 0 Å². The summed E-state index contributed by atoms with van der Waals surface area (Å²) < 4.78 is 20.5. The van der Waals surface area contributed by atoms with Crippen LogP contribution in [0.15, 0.2) is 30.3 Å². The summed E-state index contributed by atoms with van der Waals surface area (Å²) in [6.07, 6.45) is 0. The quantitative estimate of drug-likeness (QED) is 0.551. The molecule has 0 bridgehead atoms. The third-order valence-corrected chi connectivity index (χ3v) is 5.52. The molecule has 8 heteroatoms. The maximum absolute atomic E-state index is 13.1. The Bertz CT molecular complexity index is 989. The number of esters is 1. The molecule has 3 rings (SSSR count). The number of halogens is 1. The monoisotopic (exact) mass is 414 g/mol. The summed E-state index contributed by atoms with van der Waals surface area (Å²) in [5.41, 5.74) is 2.34. The molecule has 6 nitrogen and oxygen atoms in total. The number of nitriles is 1. The maximum Gasteiger partial charge on any atom is 0.339 e. The molecule has 1 aliphatic rings. The van der Waals surface area contributed by atoms with E-state index >= 15 is 0 Å². The highest BCUT2D eigenvalue weighted by atomic mass is 32.1. The smallest absolute Gasteiger partial charge is 0.339 e. The Morgan fingerprint density at radius 1 is 1.24 bits per heavy atom. The van der Waals surface area contributed by atoms with Crippen LogP contribution in [0.5, 0.6) is 0 Å². The molecule has 1 saturated heterocycles. The van der Waals surface area contributed by atoms with Gasteiger partial charge in [0.1, 0.15) is 16.5 Å². The number of aromatic nitrogens is 1. The van der Waals surface area contributed by atoms with Gasteiger partial charge in [0, 0.05) is 37.6 Å². The van der Waals surface area contributed by atoms with Gasteiger partial charge < -0.3 is 14.2 Å². The average Bonchev–Trinajstić information content (AvgIpc) is 2.72. The van der Waals surface area contributed by atoms with Crippen LogP contribution in [-0.2, 0) is 11.4 Å². The second kappa shape index (κ2) is 9.16. The van der Waals surface area contributed by atoms with Crippen LogP contribution in [0.3, 0.4) is 0 Å². The minimum Gasteiger partial charge on any atom is -0.462 e. The van der Waals surface area contributed by atoms with Gasteiger partial charge in [-0.3, -0.25) is 4.90 Å². The molecule has 1 aromatic heterocycles. The van der Waals surface area contributed by atoms with Gasteiger partial charge in [-0.2, -0.15) is 5.26 Å². The lowest BCUT2D eigenvalue weighted by Crippen LogP contribution is -2.47. The van der Waals surface area contributed by atoms with Gasteiger partial charge in [-0.1, -0.05) is 12.2 Å². The zero-order chi connectivity index (χ0) is 21.0. The van der Waals surface area contributed by atoms with E-state index in [1.807, 2.05) is 11.5 Å². The number of rotatable bonds is 5. The summed E-state index contributed by atoms with van der Waals surface area (Å²) in [5, 5.41) is 9.43. The molecule has 29 heavy (non-hydrogen) atoms. The minimum atomic E-state index is -0.452. The van der Waals surface area contributed by atoms with Crippen molar-refractivity contribution in [3.8, 4) is 6.07 Å². The highest BCUT2D eigenvalue weighted by Crippen LogP contribution is 2.19. The first-order chi connectivity index (χ1) is 13.9. The lowest BCUT2D eigenvalue weighted by molar-refractivity contribution is 0.0523. The Hall–Kier alpha value is -2.76. The number of piperazine rings is 1. The summed E-state index contributed by atoms with van der Waals surface area (Å²) in [5.74, 6) is -0.696. The predicted octanol–water partition coefficient (Wildman–Crippen LogP) is 3.49. The summed E-state index contributed by atoms with van der Waals surface area (Å²) >= 11 is 5.49. The molecule has 1 aliphatic heterocycles. The molecule has 1 aromatic carbocycles. The molecule has 2 heterocycles. The number of benzene rings is 1. The van der Waals surface area contributed by atoms with Crippen LogP contribution in [0, 0.1) is 28.7 Å². The van der Waals surface area contributed by atoms with Crippen molar-refractivity contribution < 1.29 is 13.9 Å². The Balaban J connectivity index is 1.77. The van der Waals surface area contributed by atoms with Crippen molar-refractivity contribution in [1.29, 1.82) is 5.26 Å². The van der Waals surface area contributed by atoms with Crippen LogP contribution >= 0.6 is 12.2 Å².